The van der Waals surface area contributed by atoms with Crippen LogP contribution < -0.4 is 5.32 Å². The molecule has 1 heterocycles. The molecule has 1 saturated heterocycles. The van der Waals surface area contributed by atoms with Gasteiger partial charge in [0.25, 0.3) is 0 Å². The Bertz CT molecular complexity index is 927. The Balaban J connectivity index is 1.62. The fraction of sp³-hybridized carbons (Fsp3) is 0.381. The Morgan fingerprint density at radius 1 is 1.03 bits per heavy atom. The SMILES string of the molecule is CCS(=O)(=O)N1CCN(C(C)C(=O)Nc2ccccc2Sc2ccccc2)CC1. The monoisotopic (exact) mass is 433 g/mol. The topological polar surface area (TPSA) is 69.7 Å². The van der Waals surface area contributed by atoms with Crippen LogP contribution >= 0.6 is 11.8 Å². The summed E-state index contributed by atoms with van der Waals surface area (Å²) < 4.78 is 25.6. The van der Waals surface area contributed by atoms with Gasteiger partial charge in [-0.2, -0.15) is 4.31 Å². The van der Waals surface area contributed by atoms with Crippen LogP contribution in [0.2, 0.25) is 0 Å². The molecule has 1 unspecified atom stereocenters. The number of amides is 1. The molecule has 6 nitrogen and oxygen atoms in total. The third-order valence-corrected chi connectivity index (χ3v) is 8.04. The van der Waals surface area contributed by atoms with E-state index in [1.54, 1.807) is 18.7 Å². The van der Waals surface area contributed by atoms with E-state index in [1.165, 1.54) is 4.31 Å². The minimum atomic E-state index is -3.17. The number of nitrogens with one attached hydrogen (secondary N) is 1. The minimum Gasteiger partial charge on any atom is -0.324 e. The number of nitrogens with zero attached hydrogens (tertiary/aromatic N) is 2. The smallest absolute Gasteiger partial charge is 0.241 e. The Morgan fingerprint density at radius 3 is 2.31 bits per heavy atom. The zero-order chi connectivity index (χ0) is 20.9. The van der Waals surface area contributed by atoms with Gasteiger partial charge in [0.2, 0.25) is 15.9 Å². The lowest BCUT2D eigenvalue weighted by Gasteiger charge is -2.36. The molecule has 2 aromatic rings. The minimum absolute atomic E-state index is 0.0853. The standard InChI is InChI=1S/C21H27N3O3S2/c1-3-29(26,27)24-15-13-23(14-16-24)17(2)21(25)22-19-11-7-8-12-20(19)28-18-9-5-4-6-10-18/h4-12,17H,3,13-16H2,1-2H3,(H,22,25). The average Bonchev–Trinajstić information content (AvgIpc) is 2.75. The van der Waals surface area contributed by atoms with Crippen molar-refractivity contribution >= 4 is 33.4 Å². The fourth-order valence-corrected chi connectivity index (χ4v) is 5.24. The van der Waals surface area contributed by atoms with Crippen LogP contribution in [0.3, 0.4) is 0 Å². The van der Waals surface area contributed by atoms with Crippen LogP contribution in [0.4, 0.5) is 5.69 Å². The number of carbonyl (C=O) groups is 1. The Morgan fingerprint density at radius 2 is 1.66 bits per heavy atom. The van der Waals surface area contributed by atoms with Crippen molar-refractivity contribution in [2.24, 2.45) is 0 Å². The first kappa shape index (κ1) is 21.8. The van der Waals surface area contributed by atoms with Gasteiger partial charge >= 0.3 is 0 Å². The Labute approximate surface area is 177 Å². The van der Waals surface area contributed by atoms with E-state index in [9.17, 15) is 13.2 Å². The van der Waals surface area contributed by atoms with Crippen molar-refractivity contribution in [2.75, 3.05) is 37.2 Å². The highest BCUT2D eigenvalue weighted by Gasteiger charge is 2.30. The quantitative estimate of drug-likeness (QED) is 0.727. The van der Waals surface area contributed by atoms with Crippen LogP contribution in [0.25, 0.3) is 0 Å². The summed E-state index contributed by atoms with van der Waals surface area (Å²) in [6, 6.07) is 17.5. The molecule has 0 spiro atoms. The highest BCUT2D eigenvalue weighted by Crippen LogP contribution is 2.33. The maximum Gasteiger partial charge on any atom is 0.241 e. The van der Waals surface area contributed by atoms with Crippen molar-refractivity contribution in [1.29, 1.82) is 0 Å². The summed E-state index contributed by atoms with van der Waals surface area (Å²) in [7, 11) is -3.17. The first-order chi connectivity index (χ1) is 13.9. The van der Waals surface area contributed by atoms with Crippen molar-refractivity contribution in [3.8, 4) is 0 Å². The number of hydrogen-bond acceptors (Lipinski definition) is 5. The molecule has 8 heteroatoms. The van der Waals surface area contributed by atoms with E-state index < -0.39 is 10.0 Å². The van der Waals surface area contributed by atoms with Gasteiger partial charge in [-0.3, -0.25) is 9.69 Å². The number of rotatable bonds is 7. The summed E-state index contributed by atoms with van der Waals surface area (Å²) in [6.07, 6.45) is 0. The molecule has 1 amide bonds. The van der Waals surface area contributed by atoms with Crippen LogP contribution in [0.1, 0.15) is 13.8 Å². The molecule has 0 aliphatic carbocycles. The molecule has 2 aromatic carbocycles. The Kier molecular flexibility index (Phi) is 7.34. The van der Waals surface area contributed by atoms with Crippen molar-refractivity contribution in [1.82, 2.24) is 9.21 Å². The zero-order valence-electron chi connectivity index (χ0n) is 16.7. The van der Waals surface area contributed by atoms with E-state index in [2.05, 4.69) is 5.32 Å². The molecule has 0 saturated carbocycles. The van der Waals surface area contributed by atoms with Crippen molar-refractivity contribution < 1.29 is 13.2 Å². The molecule has 156 valence electrons. The summed E-state index contributed by atoms with van der Waals surface area (Å²) in [6.45, 7) is 5.47. The second kappa shape index (κ2) is 9.75. The Hall–Kier alpha value is -1.87. The van der Waals surface area contributed by atoms with E-state index in [4.69, 9.17) is 0 Å². The predicted molar refractivity (Wildman–Crippen MR) is 118 cm³/mol. The van der Waals surface area contributed by atoms with Gasteiger partial charge in [0, 0.05) is 36.0 Å². The molecule has 1 aliphatic heterocycles. The lowest BCUT2D eigenvalue weighted by molar-refractivity contribution is -0.121. The molecule has 3 rings (SSSR count). The molecule has 1 aliphatic rings. The number of benzene rings is 2. The molecule has 1 N–H and O–H groups in total. The number of anilines is 1. The van der Waals surface area contributed by atoms with Crippen LogP contribution in [-0.4, -0.2) is 61.5 Å². The number of para-hydroxylation sites is 1. The molecule has 0 radical (unpaired) electrons. The van der Waals surface area contributed by atoms with E-state index in [0.29, 0.717) is 26.2 Å². The average molecular weight is 434 g/mol. The van der Waals surface area contributed by atoms with Gasteiger partial charge < -0.3 is 5.32 Å². The second-order valence-corrected chi connectivity index (χ2v) is 10.3. The van der Waals surface area contributed by atoms with E-state index in [-0.39, 0.29) is 17.7 Å². The maximum atomic E-state index is 12.9. The zero-order valence-corrected chi connectivity index (χ0v) is 18.4. The molecule has 1 atom stereocenters. The molecule has 0 aromatic heterocycles. The second-order valence-electron chi connectivity index (χ2n) is 6.91. The van der Waals surface area contributed by atoms with Crippen LogP contribution in [0, 0.1) is 0 Å². The van der Waals surface area contributed by atoms with Gasteiger partial charge in [-0.05, 0) is 38.1 Å². The van der Waals surface area contributed by atoms with Gasteiger partial charge in [-0.25, -0.2) is 8.42 Å². The van der Waals surface area contributed by atoms with Crippen molar-refractivity contribution in [2.45, 2.75) is 29.7 Å². The lowest BCUT2D eigenvalue weighted by atomic mass is 10.2. The number of carbonyl (C=O) groups excluding carboxylic acids is 1. The molecular weight excluding hydrogens is 406 g/mol. The van der Waals surface area contributed by atoms with Gasteiger partial charge in [-0.1, -0.05) is 42.1 Å². The van der Waals surface area contributed by atoms with Gasteiger partial charge in [0.15, 0.2) is 0 Å². The van der Waals surface area contributed by atoms with E-state index >= 15 is 0 Å². The summed E-state index contributed by atoms with van der Waals surface area (Å²) in [5, 5.41) is 3.05. The molecular formula is C21H27N3O3S2. The molecule has 0 bridgehead atoms. The maximum absolute atomic E-state index is 12.9. The van der Waals surface area contributed by atoms with Gasteiger partial charge in [-0.15, -0.1) is 0 Å². The third-order valence-electron chi connectivity index (χ3n) is 5.07. The highest BCUT2D eigenvalue weighted by atomic mass is 32.2. The lowest BCUT2D eigenvalue weighted by Crippen LogP contribution is -2.54. The van der Waals surface area contributed by atoms with Crippen molar-refractivity contribution in [3.63, 3.8) is 0 Å². The largest absolute Gasteiger partial charge is 0.324 e. The summed E-state index contributed by atoms with van der Waals surface area (Å²) in [4.78, 5) is 17.0. The van der Waals surface area contributed by atoms with E-state index in [1.807, 2.05) is 66.4 Å². The van der Waals surface area contributed by atoms with Gasteiger partial charge in [0.1, 0.15) is 0 Å². The summed E-state index contributed by atoms with van der Waals surface area (Å²) in [5.74, 6) is 0.0248. The van der Waals surface area contributed by atoms with E-state index in [0.717, 1.165) is 15.5 Å². The summed E-state index contributed by atoms with van der Waals surface area (Å²) >= 11 is 1.61. The third kappa shape index (κ3) is 5.60. The highest BCUT2D eigenvalue weighted by molar-refractivity contribution is 7.99. The normalized spacial score (nSPS) is 17.0. The first-order valence-corrected chi connectivity index (χ1v) is 12.2. The number of piperazine rings is 1. The van der Waals surface area contributed by atoms with Crippen LogP contribution in [-0.2, 0) is 14.8 Å². The van der Waals surface area contributed by atoms with Crippen LogP contribution in [0.5, 0.6) is 0 Å². The number of sulfonamides is 1. The fourth-order valence-electron chi connectivity index (χ4n) is 3.23. The molecule has 1 fully saturated rings. The predicted octanol–water partition coefficient (Wildman–Crippen LogP) is 3.13. The van der Waals surface area contributed by atoms with Gasteiger partial charge in [0.05, 0.1) is 17.5 Å². The summed E-state index contributed by atoms with van der Waals surface area (Å²) in [5.41, 5.74) is 0.783. The number of hydrogen-bond donors (Lipinski definition) is 1. The van der Waals surface area contributed by atoms with Crippen molar-refractivity contribution in [3.05, 3.63) is 54.6 Å². The molecule has 29 heavy (non-hydrogen) atoms. The van der Waals surface area contributed by atoms with Crippen LogP contribution in [0.15, 0.2) is 64.4 Å². The first-order valence-electron chi connectivity index (χ1n) is 9.75.